The number of alkyl carbamates (subject to hydrolysis) is 1. The molecule has 3 aromatic rings. The predicted molar refractivity (Wildman–Crippen MR) is 122 cm³/mol. The molecule has 3 rings (SSSR count). The van der Waals surface area contributed by atoms with E-state index in [1.807, 2.05) is 54.6 Å². The lowest BCUT2D eigenvalue weighted by Gasteiger charge is -2.23. The van der Waals surface area contributed by atoms with Gasteiger partial charge in [0.15, 0.2) is 0 Å². The van der Waals surface area contributed by atoms with E-state index in [-0.39, 0.29) is 18.9 Å². The van der Waals surface area contributed by atoms with Gasteiger partial charge in [-0.1, -0.05) is 62.4 Å². The Labute approximate surface area is 186 Å². The van der Waals surface area contributed by atoms with Gasteiger partial charge in [-0.2, -0.15) is 0 Å². The van der Waals surface area contributed by atoms with Crippen LogP contribution >= 0.6 is 0 Å². The minimum Gasteiger partial charge on any atom is -0.445 e. The number of carbonyl (C=O) groups is 3. The van der Waals surface area contributed by atoms with E-state index >= 15 is 0 Å². The smallest absolute Gasteiger partial charge is 0.408 e. The van der Waals surface area contributed by atoms with Crippen molar-refractivity contribution in [2.45, 2.75) is 39.0 Å². The van der Waals surface area contributed by atoms with Crippen molar-refractivity contribution in [2.75, 3.05) is 0 Å². The first-order valence-corrected chi connectivity index (χ1v) is 10.5. The highest BCUT2D eigenvalue weighted by Crippen LogP contribution is 2.19. The lowest BCUT2D eigenvalue weighted by atomic mass is 10.0. The molecule has 0 radical (unpaired) electrons. The number of primary amides is 1. The van der Waals surface area contributed by atoms with Crippen LogP contribution in [0.4, 0.5) is 4.79 Å². The van der Waals surface area contributed by atoms with Crippen molar-refractivity contribution in [3.63, 3.8) is 0 Å². The number of benzene rings is 2. The van der Waals surface area contributed by atoms with E-state index in [2.05, 4.69) is 15.6 Å². The predicted octanol–water partition coefficient (Wildman–Crippen LogP) is 2.63. The first-order chi connectivity index (χ1) is 15.3. The standard InChI is InChI=1S/C24H28N4O4/c1-15(2)21(22(25)29)28-23(30)20(12-17-13-26-19-11-7-6-10-18(17)19)27-24(31)32-14-16-8-4-3-5-9-16/h3-11,13,15,20-21,26H,12,14H2,1-2H3,(H2,25,29)(H,27,31)(H,28,30)/t20-,21+/m1/s1. The molecule has 0 saturated heterocycles. The molecule has 0 aliphatic heterocycles. The van der Waals surface area contributed by atoms with Crippen LogP contribution in [0.3, 0.4) is 0 Å². The zero-order valence-electron chi connectivity index (χ0n) is 18.1. The van der Waals surface area contributed by atoms with Gasteiger partial charge in [-0.25, -0.2) is 4.79 Å². The van der Waals surface area contributed by atoms with Crippen LogP contribution in [0.1, 0.15) is 25.0 Å². The second kappa shape index (κ2) is 10.5. The van der Waals surface area contributed by atoms with Crippen molar-refractivity contribution < 1.29 is 19.1 Å². The lowest BCUT2D eigenvalue weighted by molar-refractivity contribution is -0.129. The van der Waals surface area contributed by atoms with E-state index in [1.165, 1.54) is 0 Å². The van der Waals surface area contributed by atoms with Crippen LogP contribution in [0.2, 0.25) is 0 Å². The Morgan fingerprint density at radius 1 is 1.00 bits per heavy atom. The van der Waals surface area contributed by atoms with E-state index < -0.39 is 30.0 Å². The van der Waals surface area contributed by atoms with Crippen LogP contribution in [0.5, 0.6) is 0 Å². The number of carbonyl (C=O) groups excluding carboxylic acids is 3. The minimum absolute atomic E-state index is 0.0734. The fourth-order valence-corrected chi connectivity index (χ4v) is 3.46. The van der Waals surface area contributed by atoms with Crippen molar-refractivity contribution in [3.05, 3.63) is 71.9 Å². The number of aromatic nitrogens is 1. The van der Waals surface area contributed by atoms with Crippen LogP contribution in [0.15, 0.2) is 60.8 Å². The normalized spacial score (nSPS) is 12.8. The van der Waals surface area contributed by atoms with E-state index in [4.69, 9.17) is 10.5 Å². The number of H-pyrrole nitrogens is 1. The largest absolute Gasteiger partial charge is 0.445 e. The molecule has 3 amide bonds. The third-order valence-corrected chi connectivity index (χ3v) is 5.19. The fraction of sp³-hybridized carbons (Fsp3) is 0.292. The highest BCUT2D eigenvalue weighted by atomic mass is 16.5. The summed E-state index contributed by atoms with van der Waals surface area (Å²) in [7, 11) is 0. The number of amides is 3. The molecule has 168 valence electrons. The molecule has 0 aliphatic carbocycles. The van der Waals surface area contributed by atoms with E-state index in [0.717, 1.165) is 22.0 Å². The average Bonchev–Trinajstić information content (AvgIpc) is 3.18. The number of fused-ring (bicyclic) bond motifs is 1. The molecule has 2 atom stereocenters. The minimum atomic E-state index is -0.960. The molecule has 0 fully saturated rings. The SMILES string of the molecule is CC(C)[C@H](NC(=O)[C@@H](Cc1c[nH]c2ccccc12)NC(=O)OCc1ccccc1)C(N)=O. The number of hydrogen-bond donors (Lipinski definition) is 4. The molecule has 0 saturated carbocycles. The zero-order valence-corrected chi connectivity index (χ0v) is 18.1. The Bertz CT molecular complexity index is 1080. The number of nitrogens with one attached hydrogen (secondary N) is 3. The van der Waals surface area contributed by atoms with Gasteiger partial charge in [0.1, 0.15) is 18.7 Å². The molecule has 0 spiro atoms. The van der Waals surface area contributed by atoms with E-state index in [9.17, 15) is 14.4 Å². The van der Waals surface area contributed by atoms with Crippen molar-refractivity contribution in [1.29, 1.82) is 0 Å². The summed E-state index contributed by atoms with van der Waals surface area (Å²) in [5.74, 6) is -1.34. The van der Waals surface area contributed by atoms with Crippen molar-refractivity contribution in [1.82, 2.24) is 15.6 Å². The van der Waals surface area contributed by atoms with E-state index in [0.29, 0.717) is 0 Å². The van der Waals surface area contributed by atoms with Gasteiger partial charge in [-0.15, -0.1) is 0 Å². The van der Waals surface area contributed by atoms with Gasteiger partial charge in [0, 0.05) is 23.5 Å². The number of aromatic amines is 1. The van der Waals surface area contributed by atoms with Gasteiger partial charge in [-0.3, -0.25) is 9.59 Å². The average molecular weight is 437 g/mol. The molecule has 0 unspecified atom stereocenters. The highest BCUT2D eigenvalue weighted by Gasteiger charge is 2.28. The summed E-state index contributed by atoms with van der Waals surface area (Å²) in [6.45, 7) is 3.64. The molecular formula is C24H28N4O4. The second-order valence-corrected chi connectivity index (χ2v) is 7.95. The van der Waals surface area contributed by atoms with E-state index in [1.54, 1.807) is 20.0 Å². The maximum atomic E-state index is 13.0. The van der Waals surface area contributed by atoms with Crippen molar-refractivity contribution in [2.24, 2.45) is 11.7 Å². The summed E-state index contributed by atoms with van der Waals surface area (Å²) in [5.41, 5.74) is 8.04. The Morgan fingerprint density at radius 2 is 1.69 bits per heavy atom. The molecule has 0 aliphatic rings. The fourth-order valence-electron chi connectivity index (χ4n) is 3.46. The number of hydrogen-bond acceptors (Lipinski definition) is 4. The van der Waals surface area contributed by atoms with Crippen molar-refractivity contribution in [3.8, 4) is 0 Å². The van der Waals surface area contributed by atoms with Gasteiger partial charge in [0.05, 0.1) is 0 Å². The number of para-hydroxylation sites is 1. The van der Waals surface area contributed by atoms with Crippen molar-refractivity contribution >= 4 is 28.8 Å². The maximum Gasteiger partial charge on any atom is 0.408 e. The molecule has 5 N–H and O–H groups in total. The summed E-state index contributed by atoms with van der Waals surface area (Å²) in [4.78, 5) is 40.4. The molecule has 2 aromatic carbocycles. The zero-order chi connectivity index (χ0) is 23.1. The molecule has 1 heterocycles. The van der Waals surface area contributed by atoms with Gasteiger partial charge in [0.25, 0.3) is 0 Å². The number of nitrogens with two attached hydrogens (primary N) is 1. The Balaban J connectivity index is 1.75. The molecule has 32 heavy (non-hydrogen) atoms. The van der Waals surface area contributed by atoms with Gasteiger partial charge < -0.3 is 26.1 Å². The topological polar surface area (TPSA) is 126 Å². The number of ether oxygens (including phenoxy) is 1. The molecule has 1 aromatic heterocycles. The molecule has 8 nitrogen and oxygen atoms in total. The Morgan fingerprint density at radius 3 is 2.38 bits per heavy atom. The van der Waals surface area contributed by atoms with Crippen LogP contribution in [-0.4, -0.2) is 35.0 Å². The molecule has 0 bridgehead atoms. The van der Waals surface area contributed by atoms with Crippen LogP contribution in [0, 0.1) is 5.92 Å². The molecule has 8 heteroatoms. The third kappa shape index (κ3) is 5.87. The summed E-state index contributed by atoms with van der Waals surface area (Å²) in [5, 5.41) is 6.24. The quantitative estimate of drug-likeness (QED) is 0.411. The highest BCUT2D eigenvalue weighted by molar-refractivity contribution is 5.92. The summed E-state index contributed by atoms with van der Waals surface area (Å²) in [6, 6.07) is 15.1. The summed E-state index contributed by atoms with van der Waals surface area (Å²) < 4.78 is 5.29. The third-order valence-electron chi connectivity index (χ3n) is 5.19. The summed E-state index contributed by atoms with van der Waals surface area (Å²) >= 11 is 0. The summed E-state index contributed by atoms with van der Waals surface area (Å²) in [6.07, 6.45) is 1.28. The van der Waals surface area contributed by atoms with Crippen LogP contribution in [-0.2, 0) is 27.4 Å². The van der Waals surface area contributed by atoms with Crippen LogP contribution in [0.25, 0.3) is 10.9 Å². The first-order valence-electron chi connectivity index (χ1n) is 10.5. The van der Waals surface area contributed by atoms with Gasteiger partial charge in [0.2, 0.25) is 11.8 Å². The second-order valence-electron chi connectivity index (χ2n) is 7.95. The van der Waals surface area contributed by atoms with Crippen LogP contribution < -0.4 is 16.4 Å². The Kier molecular flexibility index (Phi) is 7.49. The number of rotatable bonds is 9. The molecular weight excluding hydrogens is 408 g/mol. The Hall–Kier alpha value is -3.81. The maximum absolute atomic E-state index is 13.0. The lowest BCUT2D eigenvalue weighted by Crippen LogP contribution is -2.55. The first kappa shape index (κ1) is 22.9. The van der Waals surface area contributed by atoms with Gasteiger partial charge >= 0.3 is 6.09 Å². The van der Waals surface area contributed by atoms with Gasteiger partial charge in [-0.05, 0) is 23.1 Å². The monoisotopic (exact) mass is 436 g/mol.